The van der Waals surface area contributed by atoms with Gasteiger partial charge in [-0.2, -0.15) is 0 Å². The Morgan fingerprint density at radius 1 is 1.33 bits per heavy atom. The lowest BCUT2D eigenvalue weighted by Gasteiger charge is -1.95. The maximum atomic E-state index is 4.37. The number of hydrogen-bond donors (Lipinski definition) is 0. The minimum atomic E-state index is 0.846. The van der Waals surface area contributed by atoms with Gasteiger partial charge >= 0.3 is 0 Å². The predicted molar refractivity (Wildman–Crippen MR) is 67.3 cm³/mol. The summed E-state index contributed by atoms with van der Waals surface area (Å²) in [7, 11) is 0. The van der Waals surface area contributed by atoms with Crippen molar-refractivity contribution < 1.29 is 0 Å². The van der Waals surface area contributed by atoms with Gasteiger partial charge in [-0.1, -0.05) is 26.0 Å². The Morgan fingerprint density at radius 2 is 2.07 bits per heavy atom. The molecule has 0 N–H and O–H groups in total. The highest BCUT2D eigenvalue weighted by Crippen LogP contribution is 1.99. The topological polar surface area (TPSA) is 25.2 Å². The van der Waals surface area contributed by atoms with Gasteiger partial charge in [0, 0.05) is 30.2 Å². The van der Waals surface area contributed by atoms with Gasteiger partial charge in [0.2, 0.25) is 0 Å². The van der Waals surface area contributed by atoms with E-state index in [1.165, 1.54) is 0 Å². The van der Waals surface area contributed by atoms with Crippen LogP contribution in [0.4, 0.5) is 0 Å². The molecule has 2 nitrogen and oxygen atoms in total. The van der Waals surface area contributed by atoms with Crippen LogP contribution in [0.2, 0.25) is 0 Å². The maximum Gasteiger partial charge on any atom is 0.0445 e. The highest BCUT2D eigenvalue weighted by atomic mass is 14.7. The number of hydrogen-bond acceptors (Lipinski definition) is 2. The zero-order valence-electron chi connectivity index (χ0n) is 10.1. The van der Waals surface area contributed by atoms with Crippen LogP contribution in [0.3, 0.4) is 0 Å². The van der Waals surface area contributed by atoms with E-state index in [1.54, 1.807) is 12.4 Å². The molecule has 0 amide bonds. The number of pyridine rings is 1. The Bertz CT molecular complexity index is 314. The number of nitrogens with zero attached hydrogens (tertiary/aromatic N) is 2. The lowest BCUT2D eigenvalue weighted by Crippen LogP contribution is -1.88. The summed E-state index contributed by atoms with van der Waals surface area (Å²) in [5, 5.41) is 0. The molecular weight excluding hydrogens is 184 g/mol. The van der Waals surface area contributed by atoms with E-state index in [2.05, 4.69) is 9.98 Å². The number of aliphatic imine (C=N–C) groups is 1. The lowest BCUT2D eigenvalue weighted by molar-refractivity contribution is 1.06. The summed E-state index contributed by atoms with van der Waals surface area (Å²) < 4.78 is 0. The molecular formula is C13H20N2. The third-order valence-electron chi connectivity index (χ3n) is 1.61. The van der Waals surface area contributed by atoms with Crippen molar-refractivity contribution in [2.45, 2.75) is 34.1 Å². The van der Waals surface area contributed by atoms with Gasteiger partial charge in [-0.05, 0) is 26.0 Å². The normalized spacial score (nSPS) is 10.4. The van der Waals surface area contributed by atoms with Crippen molar-refractivity contribution >= 4 is 6.21 Å². The van der Waals surface area contributed by atoms with Crippen molar-refractivity contribution in [3.63, 3.8) is 0 Å². The average molecular weight is 204 g/mol. The fraction of sp³-hybridized carbons (Fsp3) is 0.385. The van der Waals surface area contributed by atoms with Crippen LogP contribution in [0.1, 0.15) is 32.2 Å². The monoisotopic (exact) mass is 204 g/mol. The van der Waals surface area contributed by atoms with E-state index in [0.717, 1.165) is 17.8 Å². The molecule has 1 heterocycles. The van der Waals surface area contributed by atoms with Gasteiger partial charge in [0.1, 0.15) is 0 Å². The summed E-state index contributed by atoms with van der Waals surface area (Å²) >= 11 is 0. The Labute approximate surface area is 92.8 Å². The molecule has 0 saturated heterocycles. The van der Waals surface area contributed by atoms with Crippen LogP contribution < -0.4 is 0 Å². The summed E-state index contributed by atoms with van der Waals surface area (Å²) in [5.41, 5.74) is 2.15. The molecule has 1 aromatic rings. The summed E-state index contributed by atoms with van der Waals surface area (Å²) in [5.74, 6) is 0. The molecule has 0 fully saturated rings. The molecule has 0 bridgehead atoms. The van der Waals surface area contributed by atoms with E-state index in [-0.39, 0.29) is 0 Å². The van der Waals surface area contributed by atoms with Crippen molar-refractivity contribution in [1.29, 1.82) is 0 Å². The summed E-state index contributed by atoms with van der Waals surface area (Å²) in [6.45, 7) is 7.90. The number of rotatable bonds is 3. The quantitative estimate of drug-likeness (QED) is 0.691. The zero-order chi connectivity index (χ0) is 11.5. The molecule has 0 unspecified atom stereocenters. The van der Waals surface area contributed by atoms with Gasteiger partial charge in [0.05, 0.1) is 0 Å². The van der Waals surface area contributed by atoms with Crippen LogP contribution in [-0.4, -0.2) is 11.2 Å². The second-order valence-corrected chi connectivity index (χ2v) is 2.77. The van der Waals surface area contributed by atoms with Crippen LogP contribution >= 0.6 is 0 Å². The fourth-order valence-electron chi connectivity index (χ4n) is 1.03. The molecule has 0 aliphatic rings. The van der Waals surface area contributed by atoms with Crippen LogP contribution in [0.25, 0.3) is 0 Å². The van der Waals surface area contributed by atoms with Crippen molar-refractivity contribution in [1.82, 2.24) is 4.98 Å². The summed E-state index contributed by atoms with van der Waals surface area (Å²) in [6, 6.07) is 6.04. The van der Waals surface area contributed by atoms with Gasteiger partial charge < -0.3 is 0 Å². The third-order valence-corrected chi connectivity index (χ3v) is 1.61. The van der Waals surface area contributed by atoms with Gasteiger partial charge in [0.25, 0.3) is 0 Å². The molecule has 0 aromatic carbocycles. The van der Waals surface area contributed by atoms with Gasteiger partial charge in [-0.15, -0.1) is 0 Å². The van der Waals surface area contributed by atoms with E-state index in [0.29, 0.717) is 0 Å². The molecule has 0 radical (unpaired) electrons. The van der Waals surface area contributed by atoms with Gasteiger partial charge in [-0.25, -0.2) is 0 Å². The molecule has 82 valence electrons. The second-order valence-electron chi connectivity index (χ2n) is 2.77. The van der Waals surface area contributed by atoms with Crippen molar-refractivity contribution in [3.05, 3.63) is 41.9 Å². The molecule has 15 heavy (non-hydrogen) atoms. The lowest BCUT2D eigenvalue weighted by atomic mass is 10.2. The number of aromatic nitrogens is 1. The van der Waals surface area contributed by atoms with Crippen LogP contribution in [-0.2, 0) is 6.42 Å². The van der Waals surface area contributed by atoms with Gasteiger partial charge in [-0.3, -0.25) is 9.98 Å². The molecule has 0 spiro atoms. The second kappa shape index (κ2) is 9.13. The van der Waals surface area contributed by atoms with E-state index in [4.69, 9.17) is 0 Å². The Morgan fingerprint density at radius 3 is 2.67 bits per heavy atom. The van der Waals surface area contributed by atoms with E-state index < -0.39 is 0 Å². The average Bonchev–Trinajstić information content (AvgIpc) is 2.27. The summed E-state index contributed by atoms with van der Waals surface area (Å²) in [4.78, 5) is 8.34. The van der Waals surface area contributed by atoms with E-state index >= 15 is 0 Å². The van der Waals surface area contributed by atoms with Crippen LogP contribution in [0.5, 0.6) is 0 Å². The first-order valence-corrected chi connectivity index (χ1v) is 5.38. The van der Waals surface area contributed by atoms with E-state index in [9.17, 15) is 0 Å². The van der Waals surface area contributed by atoms with E-state index in [1.807, 2.05) is 52.0 Å². The smallest absolute Gasteiger partial charge is 0.0445 e. The first-order chi connectivity index (χ1) is 7.33. The van der Waals surface area contributed by atoms with Crippen molar-refractivity contribution in [2.24, 2.45) is 4.99 Å². The molecule has 0 saturated carbocycles. The zero-order valence-corrected chi connectivity index (χ0v) is 10.1. The Hall–Kier alpha value is -1.44. The first-order valence-electron chi connectivity index (χ1n) is 5.38. The summed E-state index contributed by atoms with van der Waals surface area (Å²) in [6.07, 6.45) is 6.41. The Balaban J connectivity index is 0.000000921. The van der Waals surface area contributed by atoms with Gasteiger partial charge in [0.15, 0.2) is 0 Å². The Kier molecular flexibility index (Phi) is 8.25. The number of aryl methyl sites for hydroxylation is 1. The molecule has 1 aromatic heterocycles. The first kappa shape index (κ1) is 13.6. The SMILES string of the molecule is CC.CC=N/C=C\Cc1cccc(C)n1. The number of allylic oxidation sites excluding steroid dienone is 1. The fourth-order valence-corrected chi connectivity index (χ4v) is 1.03. The molecule has 0 aliphatic heterocycles. The van der Waals surface area contributed by atoms with Crippen LogP contribution in [0, 0.1) is 6.92 Å². The van der Waals surface area contributed by atoms with Crippen molar-refractivity contribution in [3.8, 4) is 0 Å². The molecule has 2 heteroatoms. The van der Waals surface area contributed by atoms with Crippen LogP contribution in [0.15, 0.2) is 35.5 Å². The minimum Gasteiger partial charge on any atom is -0.270 e. The highest BCUT2D eigenvalue weighted by molar-refractivity contribution is 5.54. The highest BCUT2D eigenvalue weighted by Gasteiger charge is 1.89. The standard InChI is InChI=1S/C11H14N2.C2H6/c1-3-12-9-5-8-11-7-4-6-10(2)13-11;1-2/h3-7,9H,8H2,1-2H3;1-2H3/b9-5-,12-3?;. The third kappa shape index (κ3) is 6.61. The largest absolute Gasteiger partial charge is 0.270 e. The van der Waals surface area contributed by atoms with Crippen molar-refractivity contribution in [2.75, 3.05) is 0 Å². The molecule has 0 atom stereocenters. The predicted octanol–water partition coefficient (Wildman–Crippen LogP) is 3.56. The molecule has 1 rings (SSSR count). The minimum absolute atomic E-state index is 0.846. The molecule has 0 aliphatic carbocycles. The maximum absolute atomic E-state index is 4.37.